The van der Waals surface area contributed by atoms with Gasteiger partial charge in [0.15, 0.2) is 11.5 Å². The Hall–Kier alpha value is -2.57. The molecule has 0 bridgehead atoms. The van der Waals surface area contributed by atoms with Crippen LogP contribution in [0.3, 0.4) is 0 Å². The van der Waals surface area contributed by atoms with Gasteiger partial charge in [0.05, 0.1) is 12.8 Å². The molecule has 116 valence electrons. The van der Waals surface area contributed by atoms with E-state index in [1.54, 1.807) is 0 Å². The maximum absolute atomic E-state index is 14.3. The van der Waals surface area contributed by atoms with Gasteiger partial charge < -0.3 is 10.5 Å². The van der Waals surface area contributed by atoms with Crippen LogP contribution in [0.25, 0.3) is 11.3 Å². The first-order chi connectivity index (χ1) is 10.4. The predicted molar refractivity (Wildman–Crippen MR) is 75.1 cm³/mol. The van der Waals surface area contributed by atoms with Gasteiger partial charge in [-0.1, -0.05) is 24.3 Å². The average molecular weight is 310 g/mol. The largest absolute Gasteiger partial charge is 0.464 e. The molecule has 1 aromatic heterocycles. The van der Waals surface area contributed by atoms with E-state index in [1.165, 1.54) is 26.2 Å². The molecule has 1 aromatic carbocycles. The van der Waals surface area contributed by atoms with E-state index < -0.39 is 18.2 Å². The Morgan fingerprint density at radius 1 is 1.27 bits per heavy atom. The van der Waals surface area contributed by atoms with Crippen LogP contribution < -0.4 is 5.73 Å². The summed E-state index contributed by atoms with van der Waals surface area (Å²) in [6, 6.07) is 4.91. The molecule has 0 atom stereocenters. The van der Waals surface area contributed by atoms with E-state index in [2.05, 4.69) is 9.72 Å². The number of alkyl halides is 2. The molecule has 0 radical (unpaired) electrons. The van der Waals surface area contributed by atoms with E-state index >= 15 is 0 Å². The number of benzene rings is 1. The van der Waals surface area contributed by atoms with Crippen LogP contribution >= 0.6 is 0 Å². The molecule has 1 heterocycles. The summed E-state index contributed by atoms with van der Waals surface area (Å²) < 4.78 is 43.9. The molecule has 2 N–H and O–H groups in total. The van der Waals surface area contributed by atoms with Crippen LogP contribution in [0, 0.1) is 12.7 Å². The number of nitrogens with two attached hydrogens (primary N) is 1. The average Bonchev–Trinajstić information content (AvgIpc) is 2.52. The minimum absolute atomic E-state index is 0.116. The molecule has 0 saturated carbocycles. The van der Waals surface area contributed by atoms with Gasteiger partial charge in [-0.3, -0.25) is 0 Å². The highest BCUT2D eigenvalue weighted by atomic mass is 19.3. The van der Waals surface area contributed by atoms with Crippen molar-refractivity contribution < 1.29 is 22.7 Å². The molecular weight excluding hydrogens is 297 g/mol. The van der Waals surface area contributed by atoms with E-state index in [0.29, 0.717) is 0 Å². The summed E-state index contributed by atoms with van der Waals surface area (Å²) >= 11 is 0. The maximum atomic E-state index is 14.3. The van der Waals surface area contributed by atoms with Crippen molar-refractivity contribution in [2.45, 2.75) is 13.3 Å². The molecule has 2 rings (SSSR count). The van der Waals surface area contributed by atoms with Crippen molar-refractivity contribution >= 4 is 11.7 Å². The number of ether oxygens (including phenoxy) is 1. The monoisotopic (exact) mass is 310 g/mol. The van der Waals surface area contributed by atoms with Crippen LogP contribution in [0.2, 0.25) is 0 Å². The second-order valence-electron chi connectivity index (χ2n) is 4.58. The van der Waals surface area contributed by atoms with Gasteiger partial charge in [-0.2, -0.15) is 0 Å². The minimum Gasteiger partial charge on any atom is -0.464 e. The number of hydrogen-bond acceptors (Lipinski definition) is 4. The summed E-state index contributed by atoms with van der Waals surface area (Å²) in [5.41, 5.74) is 5.31. The number of rotatable bonds is 3. The number of esters is 1. The standard InChI is InChI=1S/C15H13F3N2O2/c1-7-11(19)10(16)13(20-12(7)15(21)22-2)8-3-5-9(6-4-8)14(17)18/h3-6,14H,1-2H3,(H2,19,20). The molecule has 0 spiro atoms. The molecule has 22 heavy (non-hydrogen) atoms. The molecule has 0 aliphatic heterocycles. The molecule has 0 saturated heterocycles. The normalized spacial score (nSPS) is 10.8. The number of hydrogen-bond donors (Lipinski definition) is 1. The smallest absolute Gasteiger partial charge is 0.357 e. The second kappa shape index (κ2) is 6.05. The van der Waals surface area contributed by atoms with Crippen molar-refractivity contribution in [2.24, 2.45) is 0 Å². The SMILES string of the molecule is COC(=O)c1nc(-c2ccc(C(F)F)cc2)c(F)c(N)c1C. The first-order valence-corrected chi connectivity index (χ1v) is 6.29. The van der Waals surface area contributed by atoms with E-state index in [0.717, 1.165) is 12.1 Å². The third-order valence-electron chi connectivity index (χ3n) is 3.24. The Kier molecular flexibility index (Phi) is 4.35. The topological polar surface area (TPSA) is 65.2 Å². The summed E-state index contributed by atoms with van der Waals surface area (Å²) in [6.45, 7) is 1.45. The van der Waals surface area contributed by atoms with E-state index in [1.807, 2.05) is 0 Å². The van der Waals surface area contributed by atoms with Crippen molar-refractivity contribution in [2.75, 3.05) is 12.8 Å². The van der Waals surface area contributed by atoms with Gasteiger partial charge >= 0.3 is 5.97 Å². The number of nitrogen functional groups attached to an aromatic ring is 1. The zero-order valence-corrected chi connectivity index (χ0v) is 11.9. The van der Waals surface area contributed by atoms with E-state index in [9.17, 15) is 18.0 Å². The summed E-state index contributed by atoms with van der Waals surface area (Å²) in [4.78, 5) is 15.6. The third kappa shape index (κ3) is 2.74. The number of pyridine rings is 1. The van der Waals surface area contributed by atoms with Crippen molar-refractivity contribution in [3.63, 3.8) is 0 Å². The fourth-order valence-corrected chi connectivity index (χ4v) is 1.94. The van der Waals surface area contributed by atoms with Gasteiger partial charge in [-0.25, -0.2) is 22.9 Å². The zero-order valence-electron chi connectivity index (χ0n) is 11.9. The van der Waals surface area contributed by atoms with Crippen LogP contribution in [0.5, 0.6) is 0 Å². The lowest BCUT2D eigenvalue weighted by atomic mass is 10.0. The van der Waals surface area contributed by atoms with E-state index in [4.69, 9.17) is 5.73 Å². The third-order valence-corrected chi connectivity index (χ3v) is 3.24. The fraction of sp³-hybridized carbons (Fsp3) is 0.200. The number of methoxy groups -OCH3 is 1. The maximum Gasteiger partial charge on any atom is 0.357 e. The van der Waals surface area contributed by atoms with Gasteiger partial charge in [0.25, 0.3) is 6.43 Å². The highest BCUT2D eigenvalue weighted by molar-refractivity contribution is 5.91. The molecule has 0 fully saturated rings. The summed E-state index contributed by atoms with van der Waals surface area (Å²) in [7, 11) is 1.17. The van der Waals surface area contributed by atoms with Crippen LogP contribution in [0.1, 0.15) is 28.0 Å². The molecule has 2 aromatic rings. The van der Waals surface area contributed by atoms with Crippen LogP contribution in [-0.4, -0.2) is 18.1 Å². The summed E-state index contributed by atoms with van der Waals surface area (Å²) in [6.07, 6.45) is -2.62. The molecule has 0 aliphatic rings. The van der Waals surface area contributed by atoms with Crippen molar-refractivity contribution in [3.05, 3.63) is 46.9 Å². The molecule has 0 aliphatic carbocycles. The number of carbonyl (C=O) groups is 1. The van der Waals surface area contributed by atoms with E-state index in [-0.39, 0.29) is 33.8 Å². The quantitative estimate of drug-likeness (QED) is 0.881. The van der Waals surface area contributed by atoms with Crippen LogP contribution in [0.15, 0.2) is 24.3 Å². The Morgan fingerprint density at radius 2 is 1.86 bits per heavy atom. The van der Waals surface area contributed by atoms with Gasteiger partial charge in [-0.15, -0.1) is 0 Å². The lowest BCUT2D eigenvalue weighted by Crippen LogP contribution is -2.12. The Balaban J connectivity index is 2.59. The highest BCUT2D eigenvalue weighted by Crippen LogP contribution is 2.30. The number of aromatic nitrogens is 1. The zero-order chi connectivity index (χ0) is 16.4. The Morgan fingerprint density at radius 3 is 2.36 bits per heavy atom. The molecule has 4 nitrogen and oxygen atoms in total. The Labute approximate surface area is 124 Å². The van der Waals surface area contributed by atoms with Gasteiger partial charge in [0.2, 0.25) is 0 Å². The molecule has 0 amide bonds. The number of halogens is 3. The first kappa shape index (κ1) is 15.8. The van der Waals surface area contributed by atoms with Gasteiger partial charge in [0.1, 0.15) is 5.69 Å². The van der Waals surface area contributed by atoms with Crippen molar-refractivity contribution in [1.29, 1.82) is 0 Å². The highest BCUT2D eigenvalue weighted by Gasteiger charge is 2.21. The number of carbonyl (C=O) groups excluding carboxylic acids is 1. The lowest BCUT2D eigenvalue weighted by molar-refractivity contribution is 0.0593. The Bertz CT molecular complexity index is 716. The predicted octanol–water partition coefficient (Wildman–Crippen LogP) is 3.50. The summed E-state index contributed by atoms with van der Waals surface area (Å²) in [5, 5.41) is 0. The fourth-order valence-electron chi connectivity index (χ4n) is 1.94. The van der Waals surface area contributed by atoms with Crippen LogP contribution in [0.4, 0.5) is 18.9 Å². The molecule has 0 unspecified atom stereocenters. The number of nitrogens with zero attached hydrogens (tertiary/aromatic N) is 1. The summed E-state index contributed by atoms with van der Waals surface area (Å²) in [5.74, 6) is -1.57. The van der Waals surface area contributed by atoms with Crippen LogP contribution in [-0.2, 0) is 4.74 Å². The lowest BCUT2D eigenvalue weighted by Gasteiger charge is -2.12. The van der Waals surface area contributed by atoms with Crippen molar-refractivity contribution in [3.8, 4) is 11.3 Å². The van der Waals surface area contributed by atoms with Crippen molar-refractivity contribution in [1.82, 2.24) is 4.98 Å². The van der Waals surface area contributed by atoms with Gasteiger partial charge in [0, 0.05) is 16.7 Å². The second-order valence-corrected chi connectivity index (χ2v) is 4.58. The first-order valence-electron chi connectivity index (χ1n) is 6.29. The van der Waals surface area contributed by atoms with Gasteiger partial charge in [-0.05, 0) is 6.92 Å². The molecule has 7 heteroatoms. The minimum atomic E-state index is -2.62. The number of anilines is 1. The molecular formula is C15H13F3N2O2.